The Kier molecular flexibility index (Phi) is 4.88. The number of aryl methyl sites for hydroxylation is 1. The van der Waals surface area contributed by atoms with Crippen molar-refractivity contribution in [3.63, 3.8) is 0 Å². The Balaban J connectivity index is 2.80. The summed E-state index contributed by atoms with van der Waals surface area (Å²) in [6.07, 6.45) is 0.828. The summed E-state index contributed by atoms with van der Waals surface area (Å²) >= 11 is 0. The monoisotopic (exact) mass is 281 g/mol. The normalized spacial score (nSPS) is 10.8. The molecule has 1 aromatic rings. The number of amides is 1. The van der Waals surface area contributed by atoms with Crippen LogP contribution in [0.5, 0.6) is 0 Å². The third-order valence-electron chi connectivity index (χ3n) is 2.26. The number of rotatable bonds is 5. The molecule has 102 valence electrons. The van der Waals surface area contributed by atoms with E-state index in [1.165, 1.54) is 24.3 Å². The topological polar surface area (TPSA) is 72.5 Å². The lowest BCUT2D eigenvalue weighted by atomic mass is 10.2. The fourth-order valence-electron chi connectivity index (χ4n) is 1.23. The fourth-order valence-corrected chi connectivity index (χ4v) is 2.11. The van der Waals surface area contributed by atoms with Crippen LogP contribution < -0.4 is 4.72 Å². The molecule has 0 aliphatic carbocycles. The summed E-state index contributed by atoms with van der Waals surface area (Å²) in [5.74, 6) is 0. The quantitative estimate of drug-likeness (QED) is 0.839. The largest absolute Gasteiger partial charge is 0.437 e. The Bertz CT molecular complexity index is 567. The molecule has 0 radical (unpaired) electrons. The van der Waals surface area contributed by atoms with E-state index in [4.69, 9.17) is 4.74 Å². The predicted molar refractivity (Wildman–Crippen MR) is 72.2 cm³/mol. The minimum atomic E-state index is -3.93. The second-order valence-electron chi connectivity index (χ2n) is 3.76. The maximum atomic E-state index is 11.8. The number of nitrogens with one attached hydrogen (secondary N) is 1. The fraction of sp³-hybridized carbons (Fsp3) is 0.154. The average Bonchev–Trinajstić information content (AvgIpc) is 2.35. The molecular formula is C13H15NO4S. The minimum Gasteiger partial charge on any atom is -0.437 e. The van der Waals surface area contributed by atoms with Crippen LogP contribution in [0.15, 0.2) is 54.5 Å². The molecule has 1 N–H and O–H groups in total. The molecule has 0 bridgehead atoms. The van der Waals surface area contributed by atoms with Gasteiger partial charge in [-0.3, -0.25) is 0 Å². The van der Waals surface area contributed by atoms with Crippen LogP contribution in [0.3, 0.4) is 0 Å². The molecule has 0 heterocycles. The van der Waals surface area contributed by atoms with Gasteiger partial charge in [0.05, 0.1) is 4.90 Å². The van der Waals surface area contributed by atoms with E-state index in [9.17, 15) is 13.2 Å². The van der Waals surface area contributed by atoms with Crippen molar-refractivity contribution in [2.45, 2.75) is 17.9 Å². The molecule has 1 amide bonds. The Morgan fingerprint density at radius 1 is 1.26 bits per heavy atom. The highest BCUT2D eigenvalue weighted by molar-refractivity contribution is 7.90. The summed E-state index contributed by atoms with van der Waals surface area (Å²) in [7, 11) is -3.93. The van der Waals surface area contributed by atoms with Crippen LogP contribution in [-0.4, -0.2) is 20.6 Å². The number of carbonyl (C=O) groups excluding carboxylic acids is 1. The number of carbonyl (C=O) groups is 1. The molecule has 0 fully saturated rings. The van der Waals surface area contributed by atoms with E-state index in [0.717, 1.165) is 5.56 Å². The van der Waals surface area contributed by atoms with Crippen molar-refractivity contribution in [2.75, 3.05) is 0 Å². The van der Waals surface area contributed by atoms with Gasteiger partial charge in [0.25, 0.3) is 10.0 Å². The molecule has 19 heavy (non-hydrogen) atoms. The zero-order chi connectivity index (χ0) is 14.5. The van der Waals surface area contributed by atoms with Crippen molar-refractivity contribution >= 4 is 16.1 Å². The van der Waals surface area contributed by atoms with Gasteiger partial charge in [-0.2, -0.15) is 0 Å². The second kappa shape index (κ2) is 6.19. The van der Waals surface area contributed by atoms with Gasteiger partial charge in [0.15, 0.2) is 0 Å². The predicted octanol–water partition coefficient (Wildman–Crippen LogP) is 2.15. The SMILES string of the molecule is C=CC(C=C)OC(=O)NS(=O)(=O)c1ccc(C)cc1. The molecule has 0 spiro atoms. The number of hydrogen-bond acceptors (Lipinski definition) is 4. The third-order valence-corrected chi connectivity index (χ3v) is 3.58. The molecule has 5 nitrogen and oxygen atoms in total. The number of benzene rings is 1. The molecule has 0 saturated heterocycles. The standard InChI is InChI=1S/C13H15NO4S/c1-4-11(5-2)18-13(15)14-19(16,17)12-8-6-10(3)7-9-12/h4-9,11H,1-2H2,3H3,(H,14,15). The molecule has 0 aromatic heterocycles. The molecule has 1 aromatic carbocycles. The van der Waals surface area contributed by atoms with Crippen LogP contribution in [0.4, 0.5) is 4.79 Å². The van der Waals surface area contributed by atoms with Gasteiger partial charge in [0.2, 0.25) is 0 Å². The van der Waals surface area contributed by atoms with Crippen LogP contribution in [0.2, 0.25) is 0 Å². The summed E-state index contributed by atoms with van der Waals surface area (Å²) < 4.78 is 30.3. The molecule has 1 rings (SSSR count). The van der Waals surface area contributed by atoms with Crippen molar-refractivity contribution < 1.29 is 17.9 Å². The van der Waals surface area contributed by atoms with E-state index in [2.05, 4.69) is 13.2 Å². The van der Waals surface area contributed by atoms with Crippen LogP contribution in [-0.2, 0) is 14.8 Å². The molecule has 0 aliphatic rings. The Hall–Kier alpha value is -2.08. The lowest BCUT2D eigenvalue weighted by molar-refractivity contribution is 0.143. The second-order valence-corrected chi connectivity index (χ2v) is 5.44. The first-order valence-electron chi connectivity index (χ1n) is 5.44. The van der Waals surface area contributed by atoms with Crippen LogP contribution in [0.25, 0.3) is 0 Å². The highest BCUT2D eigenvalue weighted by atomic mass is 32.2. The van der Waals surface area contributed by atoms with Crippen molar-refractivity contribution in [3.8, 4) is 0 Å². The van der Waals surface area contributed by atoms with Gasteiger partial charge in [-0.05, 0) is 31.2 Å². The Morgan fingerprint density at radius 3 is 2.26 bits per heavy atom. The zero-order valence-electron chi connectivity index (χ0n) is 10.5. The van der Waals surface area contributed by atoms with Gasteiger partial charge in [-0.25, -0.2) is 17.9 Å². The van der Waals surface area contributed by atoms with Crippen molar-refractivity contribution in [1.82, 2.24) is 4.72 Å². The van der Waals surface area contributed by atoms with E-state index in [-0.39, 0.29) is 4.90 Å². The molecule has 0 saturated carbocycles. The van der Waals surface area contributed by atoms with E-state index >= 15 is 0 Å². The summed E-state index contributed by atoms with van der Waals surface area (Å²) in [4.78, 5) is 11.4. The highest BCUT2D eigenvalue weighted by Gasteiger charge is 2.19. The first-order valence-corrected chi connectivity index (χ1v) is 6.92. The van der Waals surface area contributed by atoms with Gasteiger partial charge in [0.1, 0.15) is 6.10 Å². The van der Waals surface area contributed by atoms with Crippen molar-refractivity contribution in [3.05, 3.63) is 55.1 Å². The summed E-state index contributed by atoms with van der Waals surface area (Å²) in [5, 5.41) is 0. The van der Waals surface area contributed by atoms with Gasteiger partial charge in [0, 0.05) is 0 Å². The van der Waals surface area contributed by atoms with Crippen LogP contribution in [0, 0.1) is 6.92 Å². The molecule has 0 unspecified atom stereocenters. The lowest BCUT2D eigenvalue weighted by Gasteiger charge is -2.11. The molecule has 0 atom stereocenters. The van der Waals surface area contributed by atoms with E-state index < -0.39 is 22.2 Å². The first-order chi connectivity index (χ1) is 8.89. The van der Waals surface area contributed by atoms with E-state index in [1.807, 2.05) is 6.92 Å². The molecule has 6 heteroatoms. The summed E-state index contributed by atoms with van der Waals surface area (Å²) in [5.41, 5.74) is 0.917. The van der Waals surface area contributed by atoms with Crippen molar-refractivity contribution in [1.29, 1.82) is 0 Å². The summed E-state index contributed by atoms with van der Waals surface area (Å²) in [6, 6.07) is 6.08. The number of sulfonamides is 1. The van der Waals surface area contributed by atoms with E-state index in [1.54, 1.807) is 16.9 Å². The molecule has 0 aliphatic heterocycles. The van der Waals surface area contributed by atoms with Gasteiger partial charge >= 0.3 is 6.09 Å². The van der Waals surface area contributed by atoms with Gasteiger partial charge in [-0.15, -0.1) is 0 Å². The van der Waals surface area contributed by atoms with Crippen LogP contribution >= 0.6 is 0 Å². The average molecular weight is 281 g/mol. The maximum Gasteiger partial charge on any atom is 0.422 e. The molecular weight excluding hydrogens is 266 g/mol. The van der Waals surface area contributed by atoms with Gasteiger partial charge < -0.3 is 4.74 Å². The number of hydrogen-bond donors (Lipinski definition) is 1. The van der Waals surface area contributed by atoms with Gasteiger partial charge in [-0.1, -0.05) is 30.9 Å². The third kappa shape index (κ3) is 4.26. The lowest BCUT2D eigenvalue weighted by Crippen LogP contribution is -2.33. The minimum absolute atomic E-state index is 0.0104. The Labute approximate surface area is 112 Å². The van der Waals surface area contributed by atoms with E-state index in [0.29, 0.717) is 0 Å². The first kappa shape index (κ1) is 15.0. The highest BCUT2D eigenvalue weighted by Crippen LogP contribution is 2.10. The maximum absolute atomic E-state index is 11.8. The zero-order valence-corrected chi connectivity index (χ0v) is 11.3. The smallest absolute Gasteiger partial charge is 0.422 e. The van der Waals surface area contributed by atoms with Crippen LogP contribution in [0.1, 0.15) is 5.56 Å². The summed E-state index contributed by atoms with van der Waals surface area (Å²) in [6.45, 7) is 8.68. The Morgan fingerprint density at radius 2 is 1.79 bits per heavy atom. The number of ether oxygens (including phenoxy) is 1. The van der Waals surface area contributed by atoms with Crippen molar-refractivity contribution in [2.24, 2.45) is 0 Å².